The van der Waals surface area contributed by atoms with E-state index >= 15 is 0 Å². The monoisotopic (exact) mass is 361 g/mol. The third kappa shape index (κ3) is 2.76. The van der Waals surface area contributed by atoms with E-state index in [9.17, 15) is 0 Å². The van der Waals surface area contributed by atoms with E-state index in [4.69, 9.17) is 10.7 Å². The van der Waals surface area contributed by atoms with Gasteiger partial charge in [0.05, 0.1) is 27.4 Å². The van der Waals surface area contributed by atoms with E-state index in [1.807, 2.05) is 18.3 Å². The summed E-state index contributed by atoms with van der Waals surface area (Å²) in [7, 11) is 0. The van der Waals surface area contributed by atoms with E-state index in [0.29, 0.717) is 5.13 Å². The molecule has 1 aliphatic rings. The highest BCUT2D eigenvalue weighted by atomic mass is 32.1. The maximum absolute atomic E-state index is 5.83. The van der Waals surface area contributed by atoms with Crippen LogP contribution in [-0.4, -0.2) is 28.0 Å². The Balaban J connectivity index is 1.56. The maximum atomic E-state index is 5.83. The van der Waals surface area contributed by atoms with Crippen LogP contribution in [0.3, 0.4) is 0 Å². The average molecular weight is 361 g/mol. The van der Waals surface area contributed by atoms with E-state index in [0.717, 1.165) is 51.3 Å². The molecule has 26 heavy (non-hydrogen) atoms. The van der Waals surface area contributed by atoms with Gasteiger partial charge in [-0.05, 0) is 54.7 Å². The van der Waals surface area contributed by atoms with E-state index < -0.39 is 0 Å². The summed E-state index contributed by atoms with van der Waals surface area (Å²) in [5.74, 6) is 0.986. The molecule has 5 rings (SSSR count). The normalized spacial score (nSPS) is 15.0. The molecule has 3 heterocycles. The number of benzene rings is 2. The number of thiazole rings is 1. The van der Waals surface area contributed by atoms with E-state index in [1.54, 1.807) is 0 Å². The summed E-state index contributed by atoms with van der Waals surface area (Å²) in [4.78, 5) is 16.2. The third-order valence-corrected chi connectivity index (χ3v) is 5.80. The lowest BCUT2D eigenvalue weighted by atomic mass is 10.0. The predicted molar refractivity (Wildman–Crippen MR) is 109 cm³/mol. The van der Waals surface area contributed by atoms with Crippen LogP contribution in [0.2, 0.25) is 0 Å². The molecule has 0 bridgehead atoms. The molecule has 0 unspecified atom stereocenters. The maximum Gasteiger partial charge on any atom is 0.181 e. The molecule has 2 aromatic carbocycles. The first-order chi connectivity index (χ1) is 12.8. The predicted octanol–water partition coefficient (Wildman–Crippen LogP) is 4.48. The summed E-state index contributed by atoms with van der Waals surface area (Å²) in [6.45, 7) is 2.15. The summed E-state index contributed by atoms with van der Waals surface area (Å²) in [6, 6.07) is 12.5. The minimum Gasteiger partial charge on any atom is -0.375 e. The molecule has 5 nitrogen and oxygen atoms in total. The number of anilines is 2. The number of piperidine rings is 1. The van der Waals surface area contributed by atoms with Gasteiger partial charge in [-0.1, -0.05) is 23.5 Å². The molecule has 0 saturated carbocycles. The highest BCUT2D eigenvalue weighted by Crippen LogP contribution is 2.30. The van der Waals surface area contributed by atoms with Gasteiger partial charge in [0.2, 0.25) is 0 Å². The fourth-order valence-corrected chi connectivity index (χ4v) is 4.35. The lowest BCUT2D eigenvalue weighted by Crippen LogP contribution is -2.30. The van der Waals surface area contributed by atoms with E-state index in [2.05, 4.69) is 39.1 Å². The van der Waals surface area contributed by atoms with Crippen molar-refractivity contribution in [2.75, 3.05) is 23.7 Å². The first-order valence-corrected chi connectivity index (χ1v) is 9.76. The Morgan fingerprint density at radius 3 is 2.46 bits per heavy atom. The van der Waals surface area contributed by atoms with Gasteiger partial charge in [0.15, 0.2) is 5.13 Å². The van der Waals surface area contributed by atoms with Crippen LogP contribution < -0.4 is 10.6 Å². The number of nitrogens with two attached hydrogens (primary N) is 1. The standard InChI is InChI=1S/C20H19N5S/c21-20-24-16-7-5-14(11-18(16)26-20)13-4-6-15-17(10-13)23-19(12-22-15)25-8-2-1-3-9-25/h4-7,10-12H,1-3,8-9H2,(H2,21,24). The zero-order valence-electron chi connectivity index (χ0n) is 14.4. The number of nitrogens with zero attached hydrogens (tertiary/aromatic N) is 4. The Morgan fingerprint density at radius 1 is 0.846 bits per heavy atom. The van der Waals surface area contributed by atoms with Crippen LogP contribution in [-0.2, 0) is 0 Å². The Bertz CT molecular complexity index is 1100. The van der Waals surface area contributed by atoms with Crippen molar-refractivity contribution in [3.63, 3.8) is 0 Å². The van der Waals surface area contributed by atoms with Gasteiger partial charge in [-0.2, -0.15) is 0 Å². The molecule has 0 amide bonds. The van der Waals surface area contributed by atoms with Crippen LogP contribution in [0.25, 0.3) is 32.4 Å². The Morgan fingerprint density at radius 2 is 1.62 bits per heavy atom. The van der Waals surface area contributed by atoms with Gasteiger partial charge in [-0.3, -0.25) is 4.98 Å². The van der Waals surface area contributed by atoms with Crippen LogP contribution in [0, 0.1) is 0 Å². The minimum atomic E-state index is 0.604. The summed E-state index contributed by atoms with van der Waals surface area (Å²) < 4.78 is 1.10. The van der Waals surface area contributed by atoms with Crippen molar-refractivity contribution in [3.8, 4) is 11.1 Å². The Hall–Kier alpha value is -2.73. The molecule has 2 aromatic heterocycles. The van der Waals surface area contributed by atoms with Crippen LogP contribution in [0.4, 0.5) is 10.9 Å². The fourth-order valence-electron chi connectivity index (χ4n) is 3.58. The fraction of sp³-hybridized carbons (Fsp3) is 0.250. The first kappa shape index (κ1) is 15.5. The molecule has 1 saturated heterocycles. The molecule has 0 radical (unpaired) electrons. The van der Waals surface area contributed by atoms with Crippen molar-refractivity contribution in [1.82, 2.24) is 15.0 Å². The molecule has 0 aliphatic carbocycles. The van der Waals surface area contributed by atoms with Crippen molar-refractivity contribution in [3.05, 3.63) is 42.6 Å². The van der Waals surface area contributed by atoms with Gasteiger partial charge in [-0.15, -0.1) is 0 Å². The quantitative estimate of drug-likeness (QED) is 0.570. The minimum absolute atomic E-state index is 0.604. The van der Waals surface area contributed by atoms with Crippen LogP contribution >= 0.6 is 11.3 Å². The number of hydrogen-bond donors (Lipinski definition) is 1. The van der Waals surface area contributed by atoms with Gasteiger partial charge in [-0.25, -0.2) is 9.97 Å². The molecule has 1 aliphatic heterocycles. The third-order valence-electron chi connectivity index (χ3n) is 4.95. The average Bonchev–Trinajstić information content (AvgIpc) is 3.07. The van der Waals surface area contributed by atoms with Gasteiger partial charge in [0, 0.05) is 13.1 Å². The lowest BCUT2D eigenvalue weighted by molar-refractivity contribution is 0.573. The Labute approximate surface area is 155 Å². The molecule has 6 heteroatoms. The van der Waals surface area contributed by atoms with Crippen molar-refractivity contribution in [2.45, 2.75) is 19.3 Å². The summed E-state index contributed by atoms with van der Waals surface area (Å²) >= 11 is 1.52. The zero-order chi connectivity index (χ0) is 17.5. The molecule has 0 spiro atoms. The molecular formula is C20H19N5S. The molecule has 0 atom stereocenters. The second-order valence-corrected chi connectivity index (χ2v) is 7.78. The number of fused-ring (bicyclic) bond motifs is 2. The number of rotatable bonds is 2. The SMILES string of the molecule is Nc1nc2ccc(-c3ccc4ncc(N5CCCCC5)nc4c3)cc2s1. The van der Waals surface area contributed by atoms with Crippen LogP contribution in [0.1, 0.15) is 19.3 Å². The molecule has 2 N–H and O–H groups in total. The lowest BCUT2D eigenvalue weighted by Gasteiger charge is -2.27. The summed E-state index contributed by atoms with van der Waals surface area (Å²) in [5.41, 5.74) is 10.9. The zero-order valence-corrected chi connectivity index (χ0v) is 15.2. The second kappa shape index (κ2) is 6.21. The highest BCUT2D eigenvalue weighted by molar-refractivity contribution is 7.22. The van der Waals surface area contributed by atoms with Crippen molar-refractivity contribution < 1.29 is 0 Å². The van der Waals surface area contributed by atoms with Crippen LogP contribution in [0.15, 0.2) is 42.6 Å². The van der Waals surface area contributed by atoms with Crippen molar-refractivity contribution in [1.29, 1.82) is 0 Å². The largest absolute Gasteiger partial charge is 0.375 e. The topological polar surface area (TPSA) is 67.9 Å². The molecule has 130 valence electrons. The molecular weight excluding hydrogens is 342 g/mol. The highest BCUT2D eigenvalue weighted by Gasteiger charge is 2.13. The number of aromatic nitrogens is 3. The van der Waals surface area contributed by atoms with Crippen molar-refractivity contribution >= 4 is 43.5 Å². The molecule has 4 aromatic rings. The van der Waals surface area contributed by atoms with Gasteiger partial charge in [0.25, 0.3) is 0 Å². The van der Waals surface area contributed by atoms with Crippen LogP contribution in [0.5, 0.6) is 0 Å². The van der Waals surface area contributed by atoms with Crippen molar-refractivity contribution in [2.24, 2.45) is 0 Å². The summed E-state index contributed by atoms with van der Waals surface area (Å²) in [6.07, 6.45) is 5.68. The smallest absolute Gasteiger partial charge is 0.181 e. The van der Waals surface area contributed by atoms with E-state index in [-0.39, 0.29) is 0 Å². The van der Waals surface area contributed by atoms with Gasteiger partial charge in [0.1, 0.15) is 5.82 Å². The Kier molecular flexibility index (Phi) is 3.71. The second-order valence-electron chi connectivity index (χ2n) is 6.71. The first-order valence-electron chi connectivity index (χ1n) is 8.94. The molecule has 1 fully saturated rings. The summed E-state index contributed by atoms with van der Waals surface area (Å²) in [5, 5.41) is 0.604. The van der Waals surface area contributed by atoms with E-state index in [1.165, 1.54) is 30.6 Å². The number of nitrogen functional groups attached to an aromatic ring is 1. The van der Waals surface area contributed by atoms with Gasteiger partial charge >= 0.3 is 0 Å². The van der Waals surface area contributed by atoms with Gasteiger partial charge < -0.3 is 10.6 Å². The number of hydrogen-bond acceptors (Lipinski definition) is 6.